The summed E-state index contributed by atoms with van der Waals surface area (Å²) in [6.45, 7) is 0. The minimum Gasteiger partial charge on any atom is -0.355 e. The molecular weight excluding hydrogens is 516 g/mol. The van der Waals surface area contributed by atoms with Gasteiger partial charge in [0.2, 0.25) is 0 Å². The number of nitrogens with one attached hydrogen (secondary N) is 1. The second-order valence-electron chi connectivity index (χ2n) is 10.7. The van der Waals surface area contributed by atoms with E-state index in [-0.39, 0.29) is 0 Å². The maximum Gasteiger partial charge on any atom is 0.0553 e. The third-order valence-electron chi connectivity index (χ3n) is 8.30. The second-order valence-corrected chi connectivity index (χ2v) is 11.8. The molecule has 0 aliphatic carbocycles. The van der Waals surface area contributed by atoms with E-state index in [0.717, 1.165) is 11.4 Å². The molecule has 0 saturated carbocycles. The fourth-order valence-corrected chi connectivity index (χ4v) is 7.58. The van der Waals surface area contributed by atoms with Crippen LogP contribution in [-0.2, 0) is 0 Å². The molecule has 1 N–H and O–H groups in total. The van der Waals surface area contributed by atoms with Crippen molar-refractivity contribution < 1.29 is 0 Å². The molecule has 41 heavy (non-hydrogen) atoms. The van der Waals surface area contributed by atoms with Crippen molar-refractivity contribution in [1.29, 1.82) is 0 Å². The molecule has 0 atom stereocenters. The lowest BCUT2D eigenvalue weighted by Crippen LogP contribution is -1.93. The lowest BCUT2D eigenvalue weighted by atomic mass is 9.97. The summed E-state index contributed by atoms with van der Waals surface area (Å²) in [4.78, 5) is 0. The highest BCUT2D eigenvalue weighted by Crippen LogP contribution is 2.41. The third kappa shape index (κ3) is 3.49. The van der Waals surface area contributed by atoms with E-state index >= 15 is 0 Å². The average molecular weight is 541 g/mol. The molecular formula is C38H24N2S. The number of hydrogen-bond donors (Lipinski definition) is 1. The number of aromatic nitrogens is 1. The number of nitrogens with zero attached hydrogens (tertiary/aromatic N) is 1. The molecule has 9 rings (SSSR count). The van der Waals surface area contributed by atoms with E-state index in [4.69, 9.17) is 0 Å². The molecule has 0 fully saturated rings. The van der Waals surface area contributed by atoms with Crippen molar-refractivity contribution in [3.8, 4) is 16.8 Å². The molecule has 0 unspecified atom stereocenters. The molecule has 7 aromatic carbocycles. The van der Waals surface area contributed by atoms with Gasteiger partial charge in [0.05, 0.1) is 11.0 Å². The largest absolute Gasteiger partial charge is 0.355 e. The van der Waals surface area contributed by atoms with E-state index in [9.17, 15) is 0 Å². The number of benzene rings is 7. The fraction of sp³-hybridized carbons (Fsp3) is 0. The van der Waals surface area contributed by atoms with Crippen molar-refractivity contribution in [2.45, 2.75) is 0 Å². The fourth-order valence-electron chi connectivity index (χ4n) is 6.43. The van der Waals surface area contributed by atoms with Gasteiger partial charge in [0.15, 0.2) is 0 Å². The van der Waals surface area contributed by atoms with Gasteiger partial charge in [0.1, 0.15) is 0 Å². The Hall–Kier alpha value is -5.12. The molecule has 192 valence electrons. The monoisotopic (exact) mass is 540 g/mol. The summed E-state index contributed by atoms with van der Waals surface area (Å²) in [6.07, 6.45) is 0. The number of para-hydroxylation sites is 1. The number of hydrogen-bond acceptors (Lipinski definition) is 2. The Bertz CT molecular complexity index is 2380. The molecule has 0 saturated heterocycles. The quantitative estimate of drug-likeness (QED) is 0.220. The number of anilines is 2. The molecule has 2 heterocycles. The van der Waals surface area contributed by atoms with Gasteiger partial charge in [0.25, 0.3) is 0 Å². The van der Waals surface area contributed by atoms with E-state index in [1.807, 2.05) is 11.3 Å². The zero-order valence-electron chi connectivity index (χ0n) is 22.1. The first-order valence-corrected chi connectivity index (χ1v) is 14.8. The third-order valence-corrected chi connectivity index (χ3v) is 9.43. The van der Waals surface area contributed by atoms with Crippen LogP contribution in [0.3, 0.4) is 0 Å². The number of thiophene rings is 1. The van der Waals surface area contributed by atoms with E-state index < -0.39 is 0 Å². The van der Waals surface area contributed by atoms with Crippen molar-refractivity contribution in [1.82, 2.24) is 4.57 Å². The van der Waals surface area contributed by atoms with Crippen LogP contribution in [0.4, 0.5) is 11.4 Å². The molecule has 0 spiro atoms. The molecule has 0 bridgehead atoms. The highest BCUT2D eigenvalue weighted by Gasteiger charge is 2.17. The van der Waals surface area contributed by atoms with Gasteiger partial charge in [0, 0.05) is 48.0 Å². The lowest BCUT2D eigenvalue weighted by Gasteiger charge is -2.11. The lowest BCUT2D eigenvalue weighted by molar-refractivity contribution is 1.18. The molecule has 0 radical (unpaired) electrons. The average Bonchev–Trinajstić information content (AvgIpc) is 3.56. The van der Waals surface area contributed by atoms with Gasteiger partial charge in [-0.05, 0) is 82.6 Å². The number of fused-ring (bicyclic) bond motifs is 3. The van der Waals surface area contributed by atoms with Crippen LogP contribution in [0.25, 0.3) is 69.6 Å². The Kier molecular flexibility index (Phi) is 4.80. The molecule has 0 amide bonds. The van der Waals surface area contributed by atoms with Crippen molar-refractivity contribution >= 4 is 75.5 Å². The van der Waals surface area contributed by atoms with Gasteiger partial charge >= 0.3 is 0 Å². The summed E-state index contributed by atoms with van der Waals surface area (Å²) >= 11 is 1.85. The van der Waals surface area contributed by atoms with Crippen LogP contribution < -0.4 is 5.32 Å². The molecule has 2 aromatic heterocycles. The van der Waals surface area contributed by atoms with E-state index in [0.29, 0.717) is 0 Å². The van der Waals surface area contributed by atoms with Gasteiger partial charge in [-0.3, -0.25) is 0 Å². The smallest absolute Gasteiger partial charge is 0.0553 e. The van der Waals surface area contributed by atoms with E-state index in [2.05, 4.69) is 149 Å². The van der Waals surface area contributed by atoms with Crippen LogP contribution in [0.15, 0.2) is 140 Å². The van der Waals surface area contributed by atoms with Gasteiger partial charge in [-0.1, -0.05) is 78.9 Å². The van der Waals surface area contributed by atoms with Crippen molar-refractivity contribution in [3.05, 3.63) is 140 Å². The van der Waals surface area contributed by atoms with Crippen LogP contribution in [0, 0.1) is 0 Å². The maximum atomic E-state index is 3.62. The first-order chi connectivity index (χ1) is 20.3. The van der Waals surface area contributed by atoms with Gasteiger partial charge in [-0.2, -0.15) is 0 Å². The Morgan fingerprint density at radius 2 is 1.22 bits per heavy atom. The van der Waals surface area contributed by atoms with Gasteiger partial charge < -0.3 is 9.88 Å². The topological polar surface area (TPSA) is 17.0 Å². The molecule has 0 aliphatic heterocycles. The van der Waals surface area contributed by atoms with Crippen LogP contribution in [-0.4, -0.2) is 4.57 Å². The first kappa shape index (κ1) is 22.7. The standard InChI is InChI=1S/C38H24N2S/c1-2-8-30(9-3-1)40-33-11-6-7-25-13-14-26-21-27(22-34(40)38(26)37(25)33)24-15-17-28(18-16-24)39-29-19-20-32-31-10-4-5-12-35(31)41-36(32)23-29/h1-23,39H. The first-order valence-electron chi connectivity index (χ1n) is 13.9. The normalized spacial score (nSPS) is 11.9. The predicted molar refractivity (Wildman–Crippen MR) is 178 cm³/mol. The summed E-state index contributed by atoms with van der Waals surface area (Å²) in [5, 5.41) is 11.5. The Morgan fingerprint density at radius 1 is 0.463 bits per heavy atom. The predicted octanol–water partition coefficient (Wildman–Crippen LogP) is 11.2. The summed E-state index contributed by atoms with van der Waals surface area (Å²) in [6, 6.07) is 50.6. The van der Waals surface area contributed by atoms with Crippen molar-refractivity contribution in [3.63, 3.8) is 0 Å². The summed E-state index contributed by atoms with van der Waals surface area (Å²) in [5.41, 5.74) is 8.30. The minimum absolute atomic E-state index is 1.08. The second kappa shape index (κ2) is 8.69. The summed E-state index contributed by atoms with van der Waals surface area (Å²) in [7, 11) is 0. The molecule has 2 nitrogen and oxygen atoms in total. The molecule has 3 heteroatoms. The minimum atomic E-state index is 1.08. The Labute approximate surface area is 241 Å². The Morgan fingerprint density at radius 3 is 2.12 bits per heavy atom. The SMILES string of the molecule is c1ccc(-n2c3cccc4ccc5cc(-c6ccc(Nc7ccc8c(c7)sc7ccccc78)cc6)cc2c5c43)cc1. The zero-order valence-corrected chi connectivity index (χ0v) is 23.0. The zero-order chi connectivity index (χ0) is 26.9. The highest BCUT2D eigenvalue weighted by molar-refractivity contribution is 7.25. The van der Waals surface area contributed by atoms with Crippen LogP contribution in [0.1, 0.15) is 0 Å². The Balaban J connectivity index is 1.12. The van der Waals surface area contributed by atoms with Crippen molar-refractivity contribution in [2.24, 2.45) is 0 Å². The highest BCUT2D eigenvalue weighted by atomic mass is 32.1. The maximum absolute atomic E-state index is 3.62. The van der Waals surface area contributed by atoms with Crippen LogP contribution in [0.5, 0.6) is 0 Å². The van der Waals surface area contributed by atoms with E-state index in [1.54, 1.807) is 0 Å². The van der Waals surface area contributed by atoms with Gasteiger partial charge in [-0.15, -0.1) is 11.3 Å². The van der Waals surface area contributed by atoms with E-state index in [1.165, 1.54) is 69.6 Å². The molecule has 9 aromatic rings. The van der Waals surface area contributed by atoms with Crippen molar-refractivity contribution in [2.75, 3.05) is 5.32 Å². The summed E-state index contributed by atoms with van der Waals surface area (Å²) in [5.74, 6) is 0. The van der Waals surface area contributed by atoms with Gasteiger partial charge in [-0.25, -0.2) is 0 Å². The van der Waals surface area contributed by atoms with Crippen LogP contribution >= 0.6 is 11.3 Å². The van der Waals surface area contributed by atoms with Crippen LogP contribution in [0.2, 0.25) is 0 Å². The number of rotatable bonds is 4. The molecule has 0 aliphatic rings. The summed E-state index contributed by atoms with van der Waals surface area (Å²) < 4.78 is 5.05.